The Balaban J connectivity index is 1.90. The Morgan fingerprint density at radius 3 is 2.45 bits per heavy atom. The molecule has 0 radical (unpaired) electrons. The van der Waals surface area contributed by atoms with Gasteiger partial charge in [0.15, 0.2) is 5.78 Å². The van der Waals surface area contributed by atoms with Crippen LogP contribution in [0.3, 0.4) is 0 Å². The van der Waals surface area contributed by atoms with Gasteiger partial charge in [0.1, 0.15) is 5.82 Å². The number of hydrogen-bond donors (Lipinski definition) is 0. The fraction of sp³-hybridized carbons (Fsp3) is 0.273. The second-order valence-electron chi connectivity index (χ2n) is 7.19. The van der Waals surface area contributed by atoms with Crippen molar-refractivity contribution in [3.05, 3.63) is 76.7 Å². The average Bonchev–Trinajstić information content (AvgIpc) is 2.67. The summed E-state index contributed by atoms with van der Waals surface area (Å²) in [6.45, 7) is 0. The molecule has 0 spiro atoms. The zero-order valence-corrected chi connectivity index (χ0v) is 15.3. The van der Waals surface area contributed by atoms with Crippen molar-refractivity contribution in [3.63, 3.8) is 0 Å². The zero-order chi connectivity index (χ0) is 20.8. The molecule has 1 aliphatic heterocycles. The molecular weight excluding hydrogens is 386 g/mol. The van der Waals surface area contributed by atoms with Crippen molar-refractivity contribution >= 4 is 17.4 Å². The monoisotopic (exact) mass is 403 g/mol. The number of carbonyl (C=O) groups excluding carboxylic acids is 2. The second kappa shape index (κ2) is 7.13. The largest absolute Gasteiger partial charge is 0.416 e. The third kappa shape index (κ3) is 3.45. The van der Waals surface area contributed by atoms with E-state index in [0.29, 0.717) is 18.5 Å². The zero-order valence-electron chi connectivity index (χ0n) is 15.3. The maximum Gasteiger partial charge on any atom is 0.416 e. The highest BCUT2D eigenvalue weighted by Crippen LogP contribution is 2.46. The first-order chi connectivity index (χ1) is 13.8. The SMILES string of the molecule is O=C1CCCC2=C1C(c1ccccc1C(F)(F)F)CC(=O)N2c1cccc(F)c1. The van der Waals surface area contributed by atoms with Crippen LogP contribution >= 0.6 is 0 Å². The number of benzene rings is 2. The van der Waals surface area contributed by atoms with E-state index in [1.165, 1.54) is 41.3 Å². The van der Waals surface area contributed by atoms with Crippen molar-refractivity contribution in [1.29, 1.82) is 0 Å². The molecule has 1 unspecified atom stereocenters. The lowest BCUT2D eigenvalue weighted by molar-refractivity contribution is -0.138. The number of carbonyl (C=O) groups is 2. The quantitative estimate of drug-likeness (QED) is 0.632. The molecule has 1 atom stereocenters. The van der Waals surface area contributed by atoms with E-state index in [4.69, 9.17) is 0 Å². The van der Waals surface area contributed by atoms with Crippen LogP contribution in [-0.4, -0.2) is 11.7 Å². The lowest BCUT2D eigenvalue weighted by Crippen LogP contribution is -2.41. The van der Waals surface area contributed by atoms with E-state index in [0.717, 1.165) is 6.07 Å². The molecule has 0 N–H and O–H groups in total. The second-order valence-corrected chi connectivity index (χ2v) is 7.19. The number of ketones is 1. The molecule has 7 heteroatoms. The van der Waals surface area contributed by atoms with Gasteiger partial charge in [0.05, 0.1) is 11.3 Å². The first-order valence-electron chi connectivity index (χ1n) is 9.28. The van der Waals surface area contributed by atoms with E-state index in [1.54, 1.807) is 6.07 Å². The van der Waals surface area contributed by atoms with Gasteiger partial charge in [-0.25, -0.2) is 4.39 Å². The summed E-state index contributed by atoms with van der Waals surface area (Å²) in [7, 11) is 0. The first kappa shape index (κ1) is 19.4. The minimum absolute atomic E-state index is 0.0741. The van der Waals surface area contributed by atoms with Gasteiger partial charge in [-0.05, 0) is 42.7 Å². The van der Waals surface area contributed by atoms with Crippen molar-refractivity contribution in [2.75, 3.05) is 4.90 Å². The third-order valence-corrected chi connectivity index (χ3v) is 5.38. The Kier molecular flexibility index (Phi) is 4.76. The molecule has 0 saturated heterocycles. The Bertz CT molecular complexity index is 1030. The number of alkyl halides is 3. The smallest absolute Gasteiger partial charge is 0.294 e. The molecule has 2 aromatic rings. The summed E-state index contributed by atoms with van der Waals surface area (Å²) in [5, 5.41) is 0. The normalized spacial score (nSPS) is 20.1. The average molecular weight is 403 g/mol. The summed E-state index contributed by atoms with van der Waals surface area (Å²) in [4.78, 5) is 27.1. The van der Waals surface area contributed by atoms with Crippen LogP contribution in [0.2, 0.25) is 0 Å². The lowest BCUT2D eigenvalue weighted by Gasteiger charge is -2.38. The Morgan fingerprint density at radius 2 is 1.72 bits per heavy atom. The summed E-state index contributed by atoms with van der Waals surface area (Å²) >= 11 is 0. The minimum Gasteiger partial charge on any atom is -0.294 e. The lowest BCUT2D eigenvalue weighted by atomic mass is 9.76. The number of nitrogens with zero attached hydrogens (tertiary/aromatic N) is 1. The first-order valence-corrected chi connectivity index (χ1v) is 9.28. The van der Waals surface area contributed by atoms with E-state index in [2.05, 4.69) is 0 Å². The summed E-state index contributed by atoms with van der Waals surface area (Å²) in [6.07, 6.45) is -3.81. The van der Waals surface area contributed by atoms with Gasteiger partial charge in [0, 0.05) is 30.0 Å². The fourth-order valence-corrected chi connectivity index (χ4v) is 4.23. The molecule has 2 aliphatic rings. The van der Waals surface area contributed by atoms with Crippen LogP contribution in [0.5, 0.6) is 0 Å². The topological polar surface area (TPSA) is 37.4 Å². The Hall–Kier alpha value is -2.96. The van der Waals surface area contributed by atoms with Gasteiger partial charge >= 0.3 is 6.18 Å². The van der Waals surface area contributed by atoms with Crippen LogP contribution in [0, 0.1) is 5.82 Å². The summed E-state index contributed by atoms with van der Waals surface area (Å²) in [5.41, 5.74) is -0.0288. The van der Waals surface area contributed by atoms with E-state index in [1.807, 2.05) is 0 Å². The predicted molar refractivity (Wildman–Crippen MR) is 98.6 cm³/mol. The van der Waals surface area contributed by atoms with Crippen LogP contribution < -0.4 is 4.90 Å². The highest BCUT2D eigenvalue weighted by atomic mass is 19.4. The molecule has 29 heavy (non-hydrogen) atoms. The van der Waals surface area contributed by atoms with Gasteiger partial charge in [-0.3, -0.25) is 14.5 Å². The number of amides is 1. The molecule has 3 nitrogen and oxygen atoms in total. The van der Waals surface area contributed by atoms with Crippen molar-refractivity contribution in [3.8, 4) is 0 Å². The number of Topliss-reactive ketones (excluding diaryl/α,β-unsaturated/α-hetero) is 1. The molecular formula is C22H17F4NO2. The van der Waals surface area contributed by atoms with E-state index in [9.17, 15) is 27.2 Å². The highest BCUT2D eigenvalue weighted by Gasteiger charge is 2.43. The third-order valence-electron chi connectivity index (χ3n) is 5.38. The fourth-order valence-electron chi connectivity index (χ4n) is 4.23. The number of rotatable bonds is 2. The molecule has 150 valence electrons. The molecule has 2 aromatic carbocycles. The molecule has 0 aromatic heterocycles. The van der Waals surface area contributed by atoms with Crippen molar-refractivity contribution < 1.29 is 27.2 Å². The molecule has 1 heterocycles. The van der Waals surface area contributed by atoms with Crippen molar-refractivity contribution in [2.45, 2.75) is 37.8 Å². The van der Waals surface area contributed by atoms with Gasteiger partial charge < -0.3 is 0 Å². The van der Waals surface area contributed by atoms with Crippen molar-refractivity contribution in [1.82, 2.24) is 0 Å². The van der Waals surface area contributed by atoms with Gasteiger partial charge in [0.2, 0.25) is 5.91 Å². The molecule has 0 bridgehead atoms. The summed E-state index contributed by atoms with van der Waals surface area (Å²) in [6, 6.07) is 10.5. The standard InChI is InChI=1S/C22H17F4NO2/c23-13-5-3-6-14(11-13)27-18-9-4-10-19(28)21(18)16(12-20(27)29)15-7-1-2-8-17(15)22(24,25)26/h1-3,5-8,11,16H,4,9-10,12H2. The Labute approximate surface area is 164 Å². The van der Waals surface area contributed by atoms with Gasteiger partial charge in [-0.1, -0.05) is 24.3 Å². The number of hydrogen-bond acceptors (Lipinski definition) is 2. The molecule has 1 aliphatic carbocycles. The number of anilines is 1. The summed E-state index contributed by atoms with van der Waals surface area (Å²) in [5.74, 6) is -2.22. The van der Waals surface area contributed by atoms with Crippen LogP contribution in [0.1, 0.15) is 42.7 Å². The molecule has 1 amide bonds. The molecule has 0 fully saturated rings. The van der Waals surface area contributed by atoms with Crippen molar-refractivity contribution in [2.24, 2.45) is 0 Å². The van der Waals surface area contributed by atoms with Crippen LogP contribution in [-0.2, 0) is 15.8 Å². The Morgan fingerprint density at radius 1 is 0.966 bits per heavy atom. The van der Waals surface area contributed by atoms with Crippen LogP contribution in [0.4, 0.5) is 23.2 Å². The van der Waals surface area contributed by atoms with E-state index < -0.39 is 29.4 Å². The summed E-state index contributed by atoms with van der Waals surface area (Å²) < 4.78 is 54.4. The van der Waals surface area contributed by atoms with Gasteiger partial charge in [0.25, 0.3) is 0 Å². The molecule has 4 rings (SSSR count). The van der Waals surface area contributed by atoms with E-state index in [-0.39, 0.29) is 35.4 Å². The van der Waals surface area contributed by atoms with E-state index >= 15 is 0 Å². The minimum atomic E-state index is -4.60. The molecule has 0 saturated carbocycles. The number of allylic oxidation sites excluding steroid dienone is 2. The maximum absolute atomic E-state index is 13.7. The van der Waals surface area contributed by atoms with Gasteiger partial charge in [-0.15, -0.1) is 0 Å². The van der Waals surface area contributed by atoms with Crippen LogP contribution in [0.25, 0.3) is 0 Å². The predicted octanol–water partition coefficient (Wildman–Crippen LogP) is 5.37. The van der Waals surface area contributed by atoms with Gasteiger partial charge in [-0.2, -0.15) is 13.2 Å². The van der Waals surface area contributed by atoms with Crippen LogP contribution in [0.15, 0.2) is 59.8 Å². The highest BCUT2D eigenvalue weighted by molar-refractivity contribution is 6.07. The maximum atomic E-state index is 13.7. The number of halogens is 4.